The quantitative estimate of drug-likeness (QED) is 0.796. The maximum absolute atomic E-state index is 13.4. The van der Waals surface area contributed by atoms with Crippen LogP contribution < -0.4 is 5.32 Å². The zero-order chi connectivity index (χ0) is 10.1. The number of hydrogen-bond donors (Lipinski definition) is 1. The third kappa shape index (κ3) is 1.59. The summed E-state index contributed by atoms with van der Waals surface area (Å²) in [6.45, 7) is 2.89. The van der Waals surface area contributed by atoms with Gasteiger partial charge in [0.25, 0.3) is 0 Å². The third-order valence-electron chi connectivity index (χ3n) is 3.03. The van der Waals surface area contributed by atoms with Gasteiger partial charge in [-0.25, -0.2) is 0 Å². The Kier molecular flexibility index (Phi) is 2.88. The molecule has 1 heterocycles. The highest BCUT2D eigenvalue weighted by Crippen LogP contribution is 2.39. The Morgan fingerprint density at radius 1 is 1.57 bits per heavy atom. The Labute approximate surface area is 88.3 Å². The van der Waals surface area contributed by atoms with Gasteiger partial charge in [-0.15, -0.1) is 11.3 Å². The van der Waals surface area contributed by atoms with Gasteiger partial charge in [-0.2, -0.15) is 4.39 Å². The summed E-state index contributed by atoms with van der Waals surface area (Å²) in [5, 5.41) is 3.22. The first-order valence-electron chi connectivity index (χ1n) is 5.16. The van der Waals surface area contributed by atoms with E-state index >= 15 is 0 Å². The minimum atomic E-state index is 0.0259. The van der Waals surface area contributed by atoms with Crippen LogP contribution in [0, 0.1) is 12.1 Å². The Hall–Kier alpha value is -0.410. The lowest BCUT2D eigenvalue weighted by Gasteiger charge is -2.23. The van der Waals surface area contributed by atoms with Crippen molar-refractivity contribution in [2.75, 3.05) is 13.6 Å². The van der Waals surface area contributed by atoms with Crippen LogP contribution in [0.4, 0.5) is 4.39 Å². The lowest BCUT2D eigenvalue weighted by molar-refractivity contribution is 0.529. The number of halogens is 1. The summed E-state index contributed by atoms with van der Waals surface area (Å²) in [5.41, 5.74) is 2.19. The van der Waals surface area contributed by atoms with Crippen LogP contribution in [0.1, 0.15) is 34.8 Å². The van der Waals surface area contributed by atoms with Gasteiger partial charge in [0.05, 0.1) is 0 Å². The molecule has 2 rings (SSSR count). The number of fused-ring (bicyclic) bond motifs is 1. The fraction of sp³-hybridized carbons (Fsp3) is 0.636. The highest BCUT2D eigenvalue weighted by atomic mass is 32.1. The first-order valence-corrected chi connectivity index (χ1v) is 5.98. The fourth-order valence-electron chi connectivity index (χ4n) is 2.38. The molecule has 0 unspecified atom stereocenters. The zero-order valence-electron chi connectivity index (χ0n) is 8.69. The average Bonchev–Trinajstić information content (AvgIpc) is 2.45. The van der Waals surface area contributed by atoms with E-state index < -0.39 is 0 Å². The van der Waals surface area contributed by atoms with Gasteiger partial charge in [0.2, 0.25) is 0 Å². The van der Waals surface area contributed by atoms with Gasteiger partial charge in [-0.3, -0.25) is 0 Å². The smallest absolute Gasteiger partial charge is 0.179 e. The number of nitrogens with one attached hydrogen (secondary N) is 1. The predicted molar refractivity (Wildman–Crippen MR) is 58.6 cm³/mol. The minimum absolute atomic E-state index is 0.0259. The Morgan fingerprint density at radius 3 is 3.07 bits per heavy atom. The molecule has 14 heavy (non-hydrogen) atoms. The highest BCUT2D eigenvalue weighted by Gasteiger charge is 2.25. The normalized spacial score (nSPS) is 20.9. The predicted octanol–water partition coefficient (Wildman–Crippen LogP) is 2.83. The highest BCUT2D eigenvalue weighted by molar-refractivity contribution is 7.10. The van der Waals surface area contributed by atoms with Crippen LogP contribution in [0.5, 0.6) is 0 Å². The first-order chi connectivity index (χ1) is 6.74. The van der Waals surface area contributed by atoms with E-state index in [4.69, 9.17) is 0 Å². The molecule has 0 bridgehead atoms. The van der Waals surface area contributed by atoms with E-state index in [-0.39, 0.29) is 5.13 Å². The minimum Gasteiger partial charge on any atom is -0.319 e. The second kappa shape index (κ2) is 3.99. The van der Waals surface area contributed by atoms with E-state index in [1.807, 2.05) is 14.0 Å². The summed E-state index contributed by atoms with van der Waals surface area (Å²) in [7, 11) is 1.96. The van der Waals surface area contributed by atoms with Crippen molar-refractivity contribution < 1.29 is 4.39 Å². The van der Waals surface area contributed by atoms with Crippen molar-refractivity contribution in [3.63, 3.8) is 0 Å². The van der Waals surface area contributed by atoms with Gasteiger partial charge >= 0.3 is 0 Å². The van der Waals surface area contributed by atoms with Gasteiger partial charge < -0.3 is 5.32 Å². The van der Waals surface area contributed by atoms with Crippen molar-refractivity contribution in [1.82, 2.24) is 5.32 Å². The van der Waals surface area contributed by atoms with Crippen molar-refractivity contribution in [3.05, 3.63) is 21.1 Å². The van der Waals surface area contributed by atoms with E-state index in [0.29, 0.717) is 5.92 Å². The molecule has 3 heteroatoms. The van der Waals surface area contributed by atoms with Crippen LogP contribution >= 0.6 is 11.3 Å². The third-order valence-corrected chi connectivity index (χ3v) is 4.18. The van der Waals surface area contributed by atoms with Gasteiger partial charge in [0.1, 0.15) is 0 Å². The van der Waals surface area contributed by atoms with E-state index in [1.165, 1.54) is 34.6 Å². The lowest BCUT2D eigenvalue weighted by Crippen LogP contribution is -2.20. The molecule has 0 spiro atoms. The van der Waals surface area contributed by atoms with Crippen molar-refractivity contribution >= 4 is 11.3 Å². The molecule has 0 saturated carbocycles. The molecule has 0 amide bonds. The summed E-state index contributed by atoms with van der Waals surface area (Å²) >= 11 is 1.35. The van der Waals surface area contributed by atoms with Crippen molar-refractivity contribution in [2.24, 2.45) is 0 Å². The van der Waals surface area contributed by atoms with E-state index in [2.05, 4.69) is 5.32 Å². The molecule has 1 aromatic heterocycles. The number of aryl methyl sites for hydroxylation is 1. The monoisotopic (exact) mass is 213 g/mol. The number of thiophene rings is 1. The van der Waals surface area contributed by atoms with Crippen molar-refractivity contribution in [1.29, 1.82) is 0 Å². The summed E-state index contributed by atoms with van der Waals surface area (Å²) in [6, 6.07) is 0. The molecule has 1 N–H and O–H groups in total. The summed E-state index contributed by atoms with van der Waals surface area (Å²) < 4.78 is 13.4. The SMILES string of the molecule is CNC[C@H]1CCCc2sc(F)c(C)c21. The second-order valence-electron chi connectivity index (χ2n) is 3.98. The Morgan fingerprint density at radius 2 is 2.36 bits per heavy atom. The molecular formula is C11H16FNS. The molecule has 1 atom stereocenters. The van der Waals surface area contributed by atoms with Crippen LogP contribution in [-0.4, -0.2) is 13.6 Å². The van der Waals surface area contributed by atoms with Gasteiger partial charge in [0.15, 0.2) is 5.13 Å². The van der Waals surface area contributed by atoms with Gasteiger partial charge in [0, 0.05) is 11.4 Å². The Bertz CT molecular complexity index is 332. The molecule has 0 radical (unpaired) electrons. The number of hydrogen-bond acceptors (Lipinski definition) is 2. The molecular weight excluding hydrogens is 197 g/mol. The van der Waals surface area contributed by atoms with Crippen LogP contribution in [0.3, 0.4) is 0 Å². The molecule has 1 aliphatic rings. The topological polar surface area (TPSA) is 12.0 Å². The molecule has 0 fully saturated rings. The number of likely N-dealkylation sites (N-methyl/N-ethyl adjacent to an activating group) is 1. The molecule has 78 valence electrons. The maximum atomic E-state index is 13.4. The van der Waals surface area contributed by atoms with Crippen LogP contribution in [0.2, 0.25) is 0 Å². The summed E-state index contributed by atoms with van der Waals surface area (Å²) in [5.74, 6) is 0.532. The molecule has 0 aromatic carbocycles. The molecule has 1 aliphatic carbocycles. The van der Waals surface area contributed by atoms with E-state index in [1.54, 1.807) is 0 Å². The Balaban J connectivity index is 2.36. The van der Waals surface area contributed by atoms with E-state index in [0.717, 1.165) is 18.5 Å². The van der Waals surface area contributed by atoms with Crippen LogP contribution in [-0.2, 0) is 6.42 Å². The van der Waals surface area contributed by atoms with Crippen molar-refractivity contribution in [3.8, 4) is 0 Å². The van der Waals surface area contributed by atoms with Crippen molar-refractivity contribution in [2.45, 2.75) is 32.1 Å². The standard InChI is InChI=1S/C11H16FNS/c1-7-10-8(6-13-2)4-3-5-9(10)14-11(7)12/h8,13H,3-6H2,1-2H3/t8-/m1/s1. The second-order valence-corrected chi connectivity index (χ2v) is 5.04. The largest absolute Gasteiger partial charge is 0.319 e. The lowest BCUT2D eigenvalue weighted by atomic mass is 9.85. The fourth-order valence-corrected chi connectivity index (χ4v) is 3.53. The molecule has 0 aliphatic heterocycles. The summed E-state index contributed by atoms with van der Waals surface area (Å²) in [6.07, 6.45) is 3.48. The zero-order valence-corrected chi connectivity index (χ0v) is 9.51. The first kappa shape index (κ1) is 10.1. The average molecular weight is 213 g/mol. The summed E-state index contributed by atoms with van der Waals surface area (Å²) in [4.78, 5) is 1.28. The van der Waals surface area contributed by atoms with Gasteiger partial charge in [-0.05, 0) is 50.3 Å². The van der Waals surface area contributed by atoms with E-state index in [9.17, 15) is 4.39 Å². The maximum Gasteiger partial charge on any atom is 0.179 e. The molecule has 0 saturated heterocycles. The number of rotatable bonds is 2. The van der Waals surface area contributed by atoms with Crippen LogP contribution in [0.25, 0.3) is 0 Å². The van der Waals surface area contributed by atoms with Crippen LogP contribution in [0.15, 0.2) is 0 Å². The van der Waals surface area contributed by atoms with Gasteiger partial charge in [-0.1, -0.05) is 0 Å². The molecule has 1 nitrogen and oxygen atoms in total. The molecule has 1 aromatic rings.